The van der Waals surface area contributed by atoms with Gasteiger partial charge in [0.2, 0.25) is 0 Å². The van der Waals surface area contributed by atoms with E-state index in [9.17, 15) is 5.11 Å². The molecule has 0 aromatic carbocycles. The van der Waals surface area contributed by atoms with Gasteiger partial charge in [0.1, 0.15) is 17.1 Å². The zero-order chi connectivity index (χ0) is 17.7. The molecule has 2 aromatic rings. The van der Waals surface area contributed by atoms with Crippen LogP contribution in [-0.2, 0) is 19.2 Å². The standard InChI is InChI=1S/C17H27N5O2.HI/c1-6-18-16(19-8-14-9-21-22(5)10-14)20-11-17(4,23)15-7-12(2)24-13(15)3;/h7,9-10,23H,6,8,11H2,1-5H3,(H2,18,19,20);1H. The highest BCUT2D eigenvalue weighted by atomic mass is 127. The Morgan fingerprint density at radius 3 is 2.64 bits per heavy atom. The lowest BCUT2D eigenvalue weighted by Gasteiger charge is -2.24. The molecule has 1 unspecified atom stereocenters. The first-order valence-corrected chi connectivity index (χ1v) is 8.11. The number of furan rings is 1. The minimum absolute atomic E-state index is 0. The van der Waals surface area contributed by atoms with Gasteiger partial charge in [0.05, 0.1) is 19.3 Å². The normalized spacial score (nSPS) is 13.9. The van der Waals surface area contributed by atoms with Crippen molar-refractivity contribution in [2.45, 2.75) is 39.8 Å². The van der Waals surface area contributed by atoms with E-state index in [-0.39, 0.29) is 24.0 Å². The van der Waals surface area contributed by atoms with Crippen molar-refractivity contribution in [3.63, 3.8) is 0 Å². The number of aliphatic hydroxyl groups is 1. The molecule has 0 aliphatic carbocycles. The highest BCUT2D eigenvalue weighted by Crippen LogP contribution is 2.26. The van der Waals surface area contributed by atoms with Gasteiger partial charge in [-0.05, 0) is 33.8 Å². The minimum Gasteiger partial charge on any atom is -0.466 e. The van der Waals surface area contributed by atoms with Crippen molar-refractivity contribution in [2.75, 3.05) is 13.1 Å². The van der Waals surface area contributed by atoms with E-state index in [4.69, 9.17) is 4.42 Å². The predicted molar refractivity (Wildman–Crippen MR) is 109 cm³/mol. The summed E-state index contributed by atoms with van der Waals surface area (Å²) in [6.45, 7) is 9.09. The van der Waals surface area contributed by atoms with Gasteiger partial charge in [-0.3, -0.25) is 4.68 Å². The summed E-state index contributed by atoms with van der Waals surface area (Å²) in [5.41, 5.74) is 0.769. The summed E-state index contributed by atoms with van der Waals surface area (Å²) in [4.78, 5) is 4.53. The number of aromatic nitrogens is 2. The molecule has 140 valence electrons. The Hall–Kier alpha value is -1.55. The van der Waals surface area contributed by atoms with Gasteiger partial charge in [-0.25, -0.2) is 4.99 Å². The number of hydrogen-bond donors (Lipinski definition) is 3. The Labute approximate surface area is 165 Å². The van der Waals surface area contributed by atoms with Crippen LogP contribution in [0, 0.1) is 13.8 Å². The average molecular weight is 461 g/mol. The average Bonchev–Trinajstić information content (AvgIpc) is 3.07. The molecule has 7 nitrogen and oxygen atoms in total. The topological polar surface area (TPSA) is 87.6 Å². The first-order valence-electron chi connectivity index (χ1n) is 8.11. The van der Waals surface area contributed by atoms with Gasteiger partial charge in [0.15, 0.2) is 5.96 Å². The fourth-order valence-electron chi connectivity index (χ4n) is 2.58. The molecule has 25 heavy (non-hydrogen) atoms. The van der Waals surface area contributed by atoms with Crippen LogP contribution in [0.25, 0.3) is 0 Å². The van der Waals surface area contributed by atoms with Crippen LogP contribution in [0.2, 0.25) is 0 Å². The third-order valence-electron chi connectivity index (χ3n) is 3.74. The highest BCUT2D eigenvalue weighted by molar-refractivity contribution is 14.0. The van der Waals surface area contributed by atoms with E-state index in [1.165, 1.54) is 0 Å². The predicted octanol–water partition coefficient (Wildman–Crippen LogP) is 2.21. The van der Waals surface area contributed by atoms with Crippen molar-refractivity contribution < 1.29 is 9.52 Å². The number of rotatable bonds is 6. The van der Waals surface area contributed by atoms with E-state index in [1.807, 2.05) is 40.1 Å². The van der Waals surface area contributed by atoms with Gasteiger partial charge >= 0.3 is 0 Å². The second-order valence-electron chi connectivity index (χ2n) is 6.17. The van der Waals surface area contributed by atoms with Gasteiger partial charge in [0, 0.05) is 30.9 Å². The third-order valence-corrected chi connectivity index (χ3v) is 3.74. The maximum atomic E-state index is 10.8. The molecular formula is C17H28IN5O2. The molecule has 0 spiro atoms. The summed E-state index contributed by atoms with van der Waals surface area (Å²) in [6.07, 6.45) is 3.72. The Balaban J connectivity index is 0.00000312. The van der Waals surface area contributed by atoms with E-state index in [0.717, 1.165) is 29.2 Å². The maximum absolute atomic E-state index is 10.8. The van der Waals surface area contributed by atoms with Gasteiger partial charge in [-0.15, -0.1) is 24.0 Å². The molecule has 2 heterocycles. The quantitative estimate of drug-likeness (QED) is 0.349. The van der Waals surface area contributed by atoms with Gasteiger partial charge < -0.3 is 20.2 Å². The highest BCUT2D eigenvalue weighted by Gasteiger charge is 2.27. The summed E-state index contributed by atoms with van der Waals surface area (Å²) in [5.74, 6) is 2.18. The van der Waals surface area contributed by atoms with Crippen LogP contribution < -0.4 is 10.6 Å². The summed E-state index contributed by atoms with van der Waals surface area (Å²) in [5, 5.41) is 21.3. The monoisotopic (exact) mass is 461 g/mol. The number of hydrogen-bond acceptors (Lipinski definition) is 4. The van der Waals surface area contributed by atoms with E-state index < -0.39 is 5.60 Å². The molecule has 0 aliphatic heterocycles. The number of aryl methyl sites for hydroxylation is 3. The Morgan fingerprint density at radius 1 is 1.40 bits per heavy atom. The van der Waals surface area contributed by atoms with Gasteiger partial charge in [-0.1, -0.05) is 0 Å². The number of aliphatic imine (C=N–C) groups is 1. The molecule has 0 amide bonds. The van der Waals surface area contributed by atoms with Gasteiger partial charge in [-0.2, -0.15) is 5.10 Å². The molecule has 0 saturated heterocycles. The maximum Gasteiger partial charge on any atom is 0.191 e. The molecule has 0 fully saturated rings. The van der Waals surface area contributed by atoms with E-state index >= 15 is 0 Å². The second-order valence-corrected chi connectivity index (χ2v) is 6.17. The molecule has 0 aliphatic rings. The zero-order valence-electron chi connectivity index (χ0n) is 15.5. The van der Waals surface area contributed by atoms with Crippen LogP contribution in [0.3, 0.4) is 0 Å². The number of halogens is 1. The third kappa shape index (κ3) is 6.03. The summed E-state index contributed by atoms with van der Waals surface area (Å²) in [7, 11) is 1.88. The lowest BCUT2D eigenvalue weighted by Crippen LogP contribution is -2.44. The van der Waals surface area contributed by atoms with E-state index in [0.29, 0.717) is 19.0 Å². The van der Waals surface area contributed by atoms with Crippen molar-refractivity contribution in [1.29, 1.82) is 0 Å². The molecule has 3 N–H and O–H groups in total. The van der Waals surface area contributed by atoms with Crippen LogP contribution in [-0.4, -0.2) is 33.9 Å². The Bertz CT molecular complexity index is 706. The van der Waals surface area contributed by atoms with Crippen LogP contribution in [0.15, 0.2) is 27.9 Å². The van der Waals surface area contributed by atoms with Gasteiger partial charge in [0.25, 0.3) is 0 Å². The summed E-state index contributed by atoms with van der Waals surface area (Å²) < 4.78 is 7.27. The van der Waals surface area contributed by atoms with Crippen molar-refractivity contribution in [1.82, 2.24) is 20.4 Å². The SMILES string of the molecule is CCNC(=NCc1cnn(C)c1)NCC(C)(O)c1cc(C)oc1C.I. The summed E-state index contributed by atoms with van der Waals surface area (Å²) in [6, 6.07) is 1.87. The van der Waals surface area contributed by atoms with Crippen LogP contribution in [0.4, 0.5) is 0 Å². The molecule has 0 radical (unpaired) electrons. The van der Waals surface area contributed by atoms with Crippen molar-refractivity contribution in [3.8, 4) is 0 Å². The number of nitrogens with zero attached hydrogens (tertiary/aromatic N) is 3. The largest absolute Gasteiger partial charge is 0.466 e. The first-order chi connectivity index (χ1) is 11.3. The zero-order valence-corrected chi connectivity index (χ0v) is 17.8. The van der Waals surface area contributed by atoms with E-state index in [2.05, 4.69) is 20.7 Å². The number of nitrogens with one attached hydrogen (secondary N) is 2. The Kier molecular flexibility index (Phi) is 7.94. The fraction of sp³-hybridized carbons (Fsp3) is 0.529. The molecule has 8 heteroatoms. The first kappa shape index (κ1) is 21.5. The minimum atomic E-state index is -1.05. The van der Waals surface area contributed by atoms with E-state index in [1.54, 1.807) is 17.8 Å². The number of guanidine groups is 1. The molecule has 1 atom stereocenters. The van der Waals surface area contributed by atoms with Crippen molar-refractivity contribution >= 4 is 29.9 Å². The van der Waals surface area contributed by atoms with Crippen LogP contribution in [0.1, 0.15) is 36.5 Å². The fourth-order valence-corrected chi connectivity index (χ4v) is 2.58. The van der Waals surface area contributed by atoms with Crippen LogP contribution >= 0.6 is 24.0 Å². The smallest absolute Gasteiger partial charge is 0.191 e. The molecular weight excluding hydrogens is 433 g/mol. The molecule has 2 aromatic heterocycles. The molecule has 0 bridgehead atoms. The summed E-state index contributed by atoms with van der Waals surface area (Å²) >= 11 is 0. The molecule has 2 rings (SSSR count). The lowest BCUT2D eigenvalue weighted by molar-refractivity contribution is 0.0601. The van der Waals surface area contributed by atoms with Crippen molar-refractivity contribution in [3.05, 3.63) is 41.1 Å². The Morgan fingerprint density at radius 2 is 2.12 bits per heavy atom. The second kappa shape index (κ2) is 9.23. The lowest BCUT2D eigenvalue weighted by atomic mass is 9.96. The molecule has 0 saturated carbocycles. The van der Waals surface area contributed by atoms with Crippen LogP contribution in [0.5, 0.6) is 0 Å². The van der Waals surface area contributed by atoms with Crippen molar-refractivity contribution in [2.24, 2.45) is 12.0 Å².